The Morgan fingerprint density at radius 3 is 2.37 bits per heavy atom. The number of aromatic hydroxyl groups is 1. The highest BCUT2D eigenvalue weighted by Gasteiger charge is 2.11. The summed E-state index contributed by atoms with van der Waals surface area (Å²) in [4.78, 5) is 14.9. The van der Waals surface area contributed by atoms with E-state index in [2.05, 4.69) is 29.1 Å². The molecule has 0 radical (unpaired) electrons. The van der Waals surface area contributed by atoms with Crippen LogP contribution in [0.25, 0.3) is 5.69 Å². The maximum atomic E-state index is 12.6. The lowest BCUT2D eigenvalue weighted by molar-refractivity contribution is 0.460. The number of phenols is 1. The average molecular weight is 409 g/mol. The number of anilines is 1. The SMILES string of the molecule is CCCN(CCCc1ccc(-n2cnn(C(C)CC)c2=O)cc1)c1ccc(O)cc1. The Labute approximate surface area is 178 Å². The molecule has 0 bridgehead atoms. The van der Waals surface area contributed by atoms with Gasteiger partial charge in [-0.05, 0) is 74.6 Å². The van der Waals surface area contributed by atoms with Crippen LogP contribution in [0.15, 0.2) is 59.7 Å². The van der Waals surface area contributed by atoms with Crippen molar-refractivity contribution in [1.82, 2.24) is 14.3 Å². The van der Waals surface area contributed by atoms with Crippen LogP contribution < -0.4 is 10.6 Å². The van der Waals surface area contributed by atoms with Gasteiger partial charge in [0.05, 0.1) is 11.7 Å². The minimum absolute atomic E-state index is 0.0951. The van der Waals surface area contributed by atoms with Gasteiger partial charge in [-0.1, -0.05) is 26.0 Å². The molecule has 1 heterocycles. The number of aryl methyl sites for hydroxylation is 1. The lowest BCUT2D eigenvalue weighted by atomic mass is 10.1. The molecule has 0 saturated heterocycles. The minimum Gasteiger partial charge on any atom is -0.508 e. The zero-order valence-corrected chi connectivity index (χ0v) is 18.2. The number of phenolic OH excluding ortho intramolecular Hbond substituents is 1. The standard InChI is InChI=1S/C24H32N4O2/c1-4-16-26(21-12-14-23(29)15-13-21)17-6-7-20-8-10-22(11-9-20)27-18-25-28(24(27)30)19(3)5-2/h8-15,18-19,29H,4-7,16-17H2,1-3H3. The van der Waals surface area contributed by atoms with Crippen LogP contribution in [0.3, 0.4) is 0 Å². The van der Waals surface area contributed by atoms with Crippen molar-refractivity contribution in [2.24, 2.45) is 0 Å². The maximum Gasteiger partial charge on any atom is 0.350 e. The third kappa shape index (κ3) is 5.12. The second-order valence-corrected chi connectivity index (χ2v) is 7.76. The molecule has 6 heteroatoms. The summed E-state index contributed by atoms with van der Waals surface area (Å²) in [5, 5.41) is 13.8. The van der Waals surface area contributed by atoms with E-state index in [1.54, 1.807) is 27.7 Å². The Morgan fingerprint density at radius 1 is 1.03 bits per heavy atom. The first-order valence-electron chi connectivity index (χ1n) is 10.8. The Balaban J connectivity index is 1.61. The second kappa shape index (κ2) is 10.1. The number of hydrogen-bond acceptors (Lipinski definition) is 4. The van der Waals surface area contributed by atoms with E-state index < -0.39 is 0 Å². The summed E-state index contributed by atoms with van der Waals surface area (Å²) in [6.45, 7) is 8.18. The van der Waals surface area contributed by atoms with Crippen molar-refractivity contribution in [3.8, 4) is 11.4 Å². The smallest absolute Gasteiger partial charge is 0.350 e. The van der Waals surface area contributed by atoms with E-state index in [0.717, 1.165) is 50.1 Å². The highest BCUT2D eigenvalue weighted by Crippen LogP contribution is 2.19. The maximum absolute atomic E-state index is 12.6. The number of rotatable bonds is 10. The van der Waals surface area contributed by atoms with Crippen LogP contribution in [0.1, 0.15) is 51.6 Å². The molecule has 6 nitrogen and oxygen atoms in total. The molecule has 30 heavy (non-hydrogen) atoms. The Hall–Kier alpha value is -3.02. The first-order valence-corrected chi connectivity index (χ1v) is 10.8. The van der Waals surface area contributed by atoms with Crippen LogP contribution in [-0.2, 0) is 6.42 Å². The predicted octanol–water partition coefficient (Wildman–Crippen LogP) is 4.56. The monoisotopic (exact) mass is 408 g/mol. The molecule has 0 aliphatic rings. The molecule has 0 fully saturated rings. The van der Waals surface area contributed by atoms with Gasteiger partial charge in [0.15, 0.2) is 0 Å². The first kappa shape index (κ1) is 21.7. The molecule has 0 aliphatic carbocycles. The van der Waals surface area contributed by atoms with Crippen LogP contribution in [0, 0.1) is 0 Å². The van der Waals surface area contributed by atoms with Crippen molar-refractivity contribution in [3.63, 3.8) is 0 Å². The number of nitrogens with zero attached hydrogens (tertiary/aromatic N) is 4. The molecular formula is C24H32N4O2. The Bertz CT molecular complexity index is 974. The molecule has 1 unspecified atom stereocenters. The van der Waals surface area contributed by atoms with Crippen molar-refractivity contribution in [3.05, 3.63) is 70.9 Å². The normalized spacial score (nSPS) is 12.1. The van der Waals surface area contributed by atoms with E-state index in [1.807, 2.05) is 38.1 Å². The summed E-state index contributed by atoms with van der Waals surface area (Å²) >= 11 is 0. The van der Waals surface area contributed by atoms with Crippen LogP contribution in [-0.4, -0.2) is 32.5 Å². The molecule has 3 rings (SSSR count). The fourth-order valence-electron chi connectivity index (χ4n) is 3.57. The van der Waals surface area contributed by atoms with Gasteiger partial charge in [-0.15, -0.1) is 0 Å². The number of benzene rings is 2. The summed E-state index contributed by atoms with van der Waals surface area (Å²) in [6, 6.07) is 15.7. The van der Waals surface area contributed by atoms with E-state index in [4.69, 9.17) is 0 Å². The molecule has 160 valence electrons. The van der Waals surface area contributed by atoms with Crippen molar-refractivity contribution < 1.29 is 5.11 Å². The van der Waals surface area contributed by atoms with Crippen molar-refractivity contribution in [2.45, 2.75) is 52.5 Å². The van der Waals surface area contributed by atoms with E-state index in [1.165, 1.54) is 5.56 Å². The van der Waals surface area contributed by atoms with E-state index in [0.29, 0.717) is 5.75 Å². The molecule has 0 aliphatic heterocycles. The van der Waals surface area contributed by atoms with Crippen molar-refractivity contribution >= 4 is 5.69 Å². The summed E-state index contributed by atoms with van der Waals surface area (Å²) in [5.41, 5.74) is 3.14. The van der Waals surface area contributed by atoms with Gasteiger partial charge in [0.2, 0.25) is 0 Å². The average Bonchev–Trinajstić information content (AvgIpc) is 3.15. The molecule has 1 atom stereocenters. The highest BCUT2D eigenvalue weighted by atomic mass is 16.3. The van der Waals surface area contributed by atoms with Crippen LogP contribution in [0.5, 0.6) is 5.75 Å². The summed E-state index contributed by atoms with van der Waals surface area (Å²) in [7, 11) is 0. The fraction of sp³-hybridized carbons (Fsp3) is 0.417. The summed E-state index contributed by atoms with van der Waals surface area (Å²) < 4.78 is 3.14. The molecule has 3 aromatic rings. The van der Waals surface area contributed by atoms with Gasteiger partial charge in [-0.25, -0.2) is 14.0 Å². The van der Waals surface area contributed by atoms with Gasteiger partial charge in [-0.3, -0.25) is 0 Å². The lowest BCUT2D eigenvalue weighted by Crippen LogP contribution is -2.26. The molecular weight excluding hydrogens is 376 g/mol. The first-order chi connectivity index (χ1) is 14.5. The Kier molecular flexibility index (Phi) is 7.33. The Morgan fingerprint density at radius 2 is 1.73 bits per heavy atom. The second-order valence-electron chi connectivity index (χ2n) is 7.76. The van der Waals surface area contributed by atoms with E-state index in [9.17, 15) is 9.90 Å². The van der Waals surface area contributed by atoms with Gasteiger partial charge < -0.3 is 10.0 Å². The van der Waals surface area contributed by atoms with Crippen LogP contribution >= 0.6 is 0 Å². The molecule has 0 spiro atoms. The number of aromatic nitrogens is 3. The number of hydrogen-bond donors (Lipinski definition) is 1. The lowest BCUT2D eigenvalue weighted by Gasteiger charge is -2.24. The van der Waals surface area contributed by atoms with E-state index in [-0.39, 0.29) is 11.7 Å². The van der Waals surface area contributed by atoms with Gasteiger partial charge in [-0.2, -0.15) is 5.10 Å². The van der Waals surface area contributed by atoms with Crippen molar-refractivity contribution in [2.75, 3.05) is 18.0 Å². The zero-order valence-electron chi connectivity index (χ0n) is 18.2. The molecule has 1 N–H and O–H groups in total. The third-order valence-corrected chi connectivity index (χ3v) is 5.52. The summed E-state index contributed by atoms with van der Waals surface area (Å²) in [6.07, 6.45) is 5.55. The molecule has 0 amide bonds. The van der Waals surface area contributed by atoms with Gasteiger partial charge in [0.25, 0.3) is 0 Å². The van der Waals surface area contributed by atoms with Crippen LogP contribution in [0.2, 0.25) is 0 Å². The molecule has 1 aromatic heterocycles. The molecule has 0 saturated carbocycles. The van der Waals surface area contributed by atoms with Crippen molar-refractivity contribution in [1.29, 1.82) is 0 Å². The van der Waals surface area contributed by atoms with Gasteiger partial charge in [0.1, 0.15) is 12.1 Å². The van der Waals surface area contributed by atoms with E-state index >= 15 is 0 Å². The third-order valence-electron chi connectivity index (χ3n) is 5.52. The topological polar surface area (TPSA) is 63.3 Å². The quantitative estimate of drug-likeness (QED) is 0.534. The minimum atomic E-state index is -0.0961. The van der Waals surface area contributed by atoms with Gasteiger partial charge >= 0.3 is 5.69 Å². The zero-order chi connectivity index (χ0) is 21.5. The summed E-state index contributed by atoms with van der Waals surface area (Å²) in [5.74, 6) is 0.295. The van der Waals surface area contributed by atoms with Gasteiger partial charge in [0, 0.05) is 18.8 Å². The molecule has 2 aromatic carbocycles. The fourth-order valence-corrected chi connectivity index (χ4v) is 3.57. The van der Waals surface area contributed by atoms with Crippen LogP contribution in [0.4, 0.5) is 5.69 Å². The highest BCUT2D eigenvalue weighted by molar-refractivity contribution is 5.48. The predicted molar refractivity (Wildman–Crippen MR) is 122 cm³/mol. The largest absolute Gasteiger partial charge is 0.508 e.